The summed E-state index contributed by atoms with van der Waals surface area (Å²) in [6.45, 7) is -0.481. The van der Waals surface area contributed by atoms with E-state index in [0.717, 1.165) is 0 Å². The third-order valence-corrected chi connectivity index (χ3v) is 1.82. The molecule has 0 rings (SSSR count). The van der Waals surface area contributed by atoms with Gasteiger partial charge in [0, 0.05) is 0 Å². The van der Waals surface area contributed by atoms with Crippen molar-refractivity contribution >= 4 is 0 Å². The van der Waals surface area contributed by atoms with Gasteiger partial charge in [-0.2, -0.15) is 22.0 Å². The second-order valence-corrected chi connectivity index (χ2v) is 3.42. The molecule has 0 aliphatic rings. The van der Waals surface area contributed by atoms with Gasteiger partial charge >= 0.3 is 12.3 Å². The minimum absolute atomic E-state index is 0.0287. The Morgan fingerprint density at radius 1 is 0.650 bits per heavy atom. The van der Waals surface area contributed by atoms with Crippen LogP contribution in [0.5, 0.6) is 0 Å². The van der Waals surface area contributed by atoms with Crippen molar-refractivity contribution in [1.29, 1.82) is 0 Å². The minimum atomic E-state index is -5.73. The lowest BCUT2D eigenvalue weighted by atomic mass is 10.6. The standard InChI is InChI=1S/C10H17F5O5/c11-9(12,13)10(14,15)20-8-7-19-6-5-18-4-3-17-2-1-16/h16H,1-8H2. The molecule has 0 radical (unpaired) electrons. The zero-order valence-electron chi connectivity index (χ0n) is 10.6. The van der Waals surface area contributed by atoms with Gasteiger partial charge in [-0.05, 0) is 0 Å². The summed E-state index contributed by atoms with van der Waals surface area (Å²) in [5, 5.41) is 8.38. The maximum atomic E-state index is 12.2. The number of aliphatic hydroxyl groups is 1. The second kappa shape index (κ2) is 10.2. The monoisotopic (exact) mass is 312 g/mol. The Kier molecular flexibility index (Phi) is 9.94. The summed E-state index contributed by atoms with van der Waals surface area (Å²) in [4.78, 5) is 0. The molecule has 10 heteroatoms. The van der Waals surface area contributed by atoms with Crippen LogP contribution in [-0.4, -0.2) is 70.2 Å². The van der Waals surface area contributed by atoms with Gasteiger partial charge in [0.15, 0.2) is 0 Å². The molecule has 0 aromatic rings. The smallest absolute Gasteiger partial charge is 0.394 e. The van der Waals surface area contributed by atoms with Crippen LogP contribution in [0.2, 0.25) is 0 Å². The quantitative estimate of drug-likeness (QED) is 0.433. The molecule has 0 bridgehead atoms. The first-order valence-corrected chi connectivity index (χ1v) is 5.74. The highest BCUT2D eigenvalue weighted by Crippen LogP contribution is 2.35. The number of hydrogen-bond acceptors (Lipinski definition) is 5. The molecule has 5 nitrogen and oxygen atoms in total. The number of rotatable bonds is 12. The van der Waals surface area contributed by atoms with Crippen LogP contribution in [0.4, 0.5) is 22.0 Å². The zero-order valence-corrected chi connectivity index (χ0v) is 10.6. The predicted molar refractivity (Wildman–Crippen MR) is 56.5 cm³/mol. The normalized spacial score (nSPS) is 12.9. The van der Waals surface area contributed by atoms with Crippen LogP contribution in [0.15, 0.2) is 0 Å². The molecule has 0 aliphatic heterocycles. The summed E-state index contributed by atoms with van der Waals surface area (Å²) in [6, 6.07) is 0. The van der Waals surface area contributed by atoms with Crippen molar-refractivity contribution in [2.24, 2.45) is 0 Å². The molecule has 0 aromatic carbocycles. The van der Waals surface area contributed by atoms with Gasteiger partial charge in [-0.3, -0.25) is 0 Å². The highest BCUT2D eigenvalue weighted by molar-refractivity contribution is 4.63. The van der Waals surface area contributed by atoms with Crippen molar-refractivity contribution in [3.05, 3.63) is 0 Å². The molecule has 1 N–H and O–H groups in total. The maximum absolute atomic E-state index is 12.2. The summed E-state index contributed by atoms with van der Waals surface area (Å²) < 4.78 is 77.5. The average Bonchev–Trinajstić information content (AvgIpc) is 2.34. The summed E-state index contributed by atoms with van der Waals surface area (Å²) in [5.41, 5.74) is 0. The van der Waals surface area contributed by atoms with E-state index >= 15 is 0 Å². The number of hydrogen-bond donors (Lipinski definition) is 1. The molecular weight excluding hydrogens is 295 g/mol. The van der Waals surface area contributed by atoms with Gasteiger partial charge in [0.05, 0.1) is 52.9 Å². The molecule has 0 amide bonds. The van der Waals surface area contributed by atoms with Crippen molar-refractivity contribution in [1.82, 2.24) is 0 Å². The molecule has 122 valence electrons. The first-order chi connectivity index (χ1) is 9.31. The van der Waals surface area contributed by atoms with Gasteiger partial charge in [0.2, 0.25) is 0 Å². The first kappa shape index (κ1) is 19.4. The van der Waals surface area contributed by atoms with Crippen molar-refractivity contribution < 1.29 is 46.0 Å². The van der Waals surface area contributed by atoms with Crippen molar-refractivity contribution in [3.63, 3.8) is 0 Å². The Morgan fingerprint density at radius 2 is 1.05 bits per heavy atom. The van der Waals surface area contributed by atoms with Gasteiger partial charge in [-0.25, -0.2) is 0 Å². The van der Waals surface area contributed by atoms with Gasteiger partial charge in [-0.15, -0.1) is 0 Å². The zero-order chi connectivity index (χ0) is 15.5. The van der Waals surface area contributed by atoms with Crippen LogP contribution < -0.4 is 0 Å². The summed E-state index contributed by atoms with van der Waals surface area (Å²) in [7, 11) is 0. The van der Waals surface area contributed by atoms with Gasteiger partial charge in [0.1, 0.15) is 0 Å². The van der Waals surface area contributed by atoms with E-state index in [1.165, 1.54) is 0 Å². The molecule has 0 heterocycles. The SMILES string of the molecule is OCCOCCOCCOCCOC(F)(F)C(F)(F)F. The van der Waals surface area contributed by atoms with Crippen molar-refractivity contribution in [3.8, 4) is 0 Å². The fourth-order valence-electron chi connectivity index (χ4n) is 0.917. The third-order valence-electron chi connectivity index (χ3n) is 1.82. The minimum Gasteiger partial charge on any atom is -0.394 e. The summed E-state index contributed by atoms with van der Waals surface area (Å²) in [6.07, 6.45) is -10.9. The van der Waals surface area contributed by atoms with E-state index < -0.39 is 25.5 Å². The van der Waals surface area contributed by atoms with Gasteiger partial charge < -0.3 is 24.1 Å². The molecule has 0 atom stereocenters. The number of aliphatic hydroxyl groups excluding tert-OH is 1. The molecule has 0 aromatic heterocycles. The average molecular weight is 312 g/mol. The Balaban J connectivity index is 3.33. The fourth-order valence-corrected chi connectivity index (χ4v) is 0.917. The Bertz CT molecular complexity index is 237. The molecule has 20 heavy (non-hydrogen) atoms. The van der Waals surface area contributed by atoms with Crippen molar-refractivity contribution in [2.45, 2.75) is 12.3 Å². The van der Waals surface area contributed by atoms with E-state index in [9.17, 15) is 22.0 Å². The molecule has 0 spiro atoms. The highest BCUT2D eigenvalue weighted by Gasteiger charge is 2.59. The van der Waals surface area contributed by atoms with E-state index in [1.54, 1.807) is 0 Å². The van der Waals surface area contributed by atoms with Crippen LogP contribution >= 0.6 is 0 Å². The van der Waals surface area contributed by atoms with E-state index in [1.807, 2.05) is 0 Å². The summed E-state index contributed by atoms with van der Waals surface area (Å²) >= 11 is 0. The van der Waals surface area contributed by atoms with Crippen LogP contribution in [-0.2, 0) is 18.9 Å². The molecular formula is C10H17F5O5. The Hall–Kier alpha value is -0.550. The van der Waals surface area contributed by atoms with Gasteiger partial charge in [-0.1, -0.05) is 0 Å². The number of ether oxygens (including phenoxy) is 4. The van der Waals surface area contributed by atoms with E-state index in [0.29, 0.717) is 0 Å². The third kappa shape index (κ3) is 9.37. The fraction of sp³-hybridized carbons (Fsp3) is 1.00. The van der Waals surface area contributed by atoms with Crippen LogP contribution in [0, 0.1) is 0 Å². The highest BCUT2D eigenvalue weighted by atomic mass is 19.4. The van der Waals surface area contributed by atoms with Crippen LogP contribution in [0.25, 0.3) is 0 Å². The largest absolute Gasteiger partial charge is 0.482 e. The van der Waals surface area contributed by atoms with Crippen molar-refractivity contribution in [2.75, 3.05) is 52.9 Å². The van der Waals surface area contributed by atoms with Gasteiger partial charge in [0.25, 0.3) is 0 Å². The Labute approximate surface area is 112 Å². The molecule has 0 unspecified atom stereocenters. The lowest BCUT2D eigenvalue weighted by Gasteiger charge is -2.19. The maximum Gasteiger partial charge on any atom is 0.482 e. The number of alkyl halides is 5. The molecule has 0 saturated carbocycles. The Morgan fingerprint density at radius 3 is 1.45 bits per heavy atom. The first-order valence-electron chi connectivity index (χ1n) is 5.74. The second-order valence-electron chi connectivity index (χ2n) is 3.42. The van der Waals surface area contributed by atoms with E-state index in [-0.39, 0.29) is 39.6 Å². The summed E-state index contributed by atoms with van der Waals surface area (Å²) in [5.74, 6) is 0. The molecule has 0 saturated heterocycles. The molecule has 0 aliphatic carbocycles. The number of halogens is 5. The topological polar surface area (TPSA) is 57.2 Å². The van der Waals surface area contributed by atoms with E-state index in [2.05, 4.69) is 4.74 Å². The molecule has 0 fully saturated rings. The lowest BCUT2D eigenvalue weighted by molar-refractivity contribution is -0.392. The van der Waals surface area contributed by atoms with E-state index in [4.69, 9.17) is 19.3 Å². The predicted octanol–water partition coefficient (Wildman–Crippen LogP) is 1.20. The van der Waals surface area contributed by atoms with Crippen LogP contribution in [0.1, 0.15) is 0 Å². The lowest BCUT2D eigenvalue weighted by Crippen LogP contribution is -2.39. The van der Waals surface area contributed by atoms with Crippen LogP contribution in [0.3, 0.4) is 0 Å².